The smallest absolute Gasteiger partial charge is 0.404 e. The van der Waals surface area contributed by atoms with Crippen LogP contribution >= 0.6 is 0 Å². The molecular formula is C16H22F3N3O. The van der Waals surface area contributed by atoms with E-state index in [1.807, 2.05) is 13.8 Å². The fourth-order valence-corrected chi connectivity index (χ4v) is 2.43. The minimum Gasteiger partial charge on any atom is -0.404 e. The number of H-pyrrole nitrogens is 1. The van der Waals surface area contributed by atoms with E-state index in [2.05, 4.69) is 26.7 Å². The molecule has 0 radical (unpaired) electrons. The van der Waals surface area contributed by atoms with Crippen LogP contribution in [0.4, 0.5) is 13.2 Å². The Balaban J connectivity index is 0.000000924. The van der Waals surface area contributed by atoms with E-state index >= 15 is 0 Å². The number of aromatic nitrogens is 2. The second-order valence-electron chi connectivity index (χ2n) is 5.39. The standard InChI is InChI=1S/C14H16F3N3O.C2H6/c1-20(10-2-3-10)5-4-9-7-18-13-12(9)6-11(8-19-13)21-14(15,16)17;1-2/h6-8,10H,2-5H2,1H3,(H,18,19);1-2H3. The van der Waals surface area contributed by atoms with E-state index in [1.165, 1.54) is 18.9 Å². The summed E-state index contributed by atoms with van der Waals surface area (Å²) in [5, 5.41) is 0.681. The van der Waals surface area contributed by atoms with Crippen molar-refractivity contribution in [3.05, 3.63) is 24.0 Å². The molecule has 1 fully saturated rings. The predicted molar refractivity (Wildman–Crippen MR) is 83.5 cm³/mol. The van der Waals surface area contributed by atoms with Gasteiger partial charge in [-0.2, -0.15) is 0 Å². The zero-order valence-electron chi connectivity index (χ0n) is 13.6. The molecule has 2 heterocycles. The Kier molecular flexibility index (Phi) is 5.51. The van der Waals surface area contributed by atoms with Crippen molar-refractivity contribution in [1.29, 1.82) is 0 Å². The first-order chi connectivity index (χ1) is 10.9. The molecule has 0 saturated heterocycles. The van der Waals surface area contributed by atoms with E-state index in [0.717, 1.165) is 24.7 Å². The molecule has 1 N–H and O–H groups in total. The SMILES string of the molecule is CC.CN(CCc1c[nH]c2ncc(OC(F)(F)F)cc12)C1CC1. The molecule has 0 aliphatic heterocycles. The summed E-state index contributed by atoms with van der Waals surface area (Å²) in [6.07, 6.45) is 1.41. The van der Waals surface area contributed by atoms with Gasteiger partial charge >= 0.3 is 6.36 Å². The number of halogens is 3. The van der Waals surface area contributed by atoms with E-state index in [9.17, 15) is 13.2 Å². The van der Waals surface area contributed by atoms with Crippen molar-refractivity contribution in [3.63, 3.8) is 0 Å². The van der Waals surface area contributed by atoms with Crippen molar-refractivity contribution in [1.82, 2.24) is 14.9 Å². The largest absolute Gasteiger partial charge is 0.573 e. The van der Waals surface area contributed by atoms with Crippen LogP contribution in [0, 0.1) is 0 Å². The average Bonchev–Trinajstić information content (AvgIpc) is 3.27. The molecule has 0 amide bonds. The molecule has 4 nitrogen and oxygen atoms in total. The third-order valence-electron chi connectivity index (χ3n) is 3.73. The highest BCUT2D eigenvalue weighted by molar-refractivity contribution is 5.80. The van der Waals surface area contributed by atoms with Crippen molar-refractivity contribution in [2.45, 2.75) is 45.5 Å². The Morgan fingerprint density at radius 1 is 1.35 bits per heavy atom. The monoisotopic (exact) mass is 329 g/mol. The Morgan fingerprint density at radius 2 is 2.04 bits per heavy atom. The number of aromatic amines is 1. The fourth-order valence-electron chi connectivity index (χ4n) is 2.43. The molecule has 3 rings (SSSR count). The molecule has 1 saturated carbocycles. The van der Waals surface area contributed by atoms with Crippen LogP contribution in [0.1, 0.15) is 32.3 Å². The number of alkyl halides is 3. The van der Waals surface area contributed by atoms with Gasteiger partial charge in [-0.15, -0.1) is 13.2 Å². The number of hydrogen-bond donors (Lipinski definition) is 1. The number of hydrogen-bond acceptors (Lipinski definition) is 3. The molecule has 0 bridgehead atoms. The summed E-state index contributed by atoms with van der Waals surface area (Å²) in [6, 6.07) is 2.05. The number of fused-ring (bicyclic) bond motifs is 1. The first-order valence-corrected chi connectivity index (χ1v) is 7.84. The van der Waals surface area contributed by atoms with Crippen LogP contribution in [-0.2, 0) is 6.42 Å². The van der Waals surface area contributed by atoms with Crippen molar-refractivity contribution >= 4 is 11.0 Å². The van der Waals surface area contributed by atoms with E-state index in [1.54, 1.807) is 6.20 Å². The summed E-state index contributed by atoms with van der Waals surface area (Å²) in [7, 11) is 2.07. The lowest BCUT2D eigenvalue weighted by Crippen LogP contribution is -2.23. The van der Waals surface area contributed by atoms with Gasteiger partial charge < -0.3 is 14.6 Å². The van der Waals surface area contributed by atoms with Crippen molar-refractivity contribution < 1.29 is 17.9 Å². The highest BCUT2D eigenvalue weighted by atomic mass is 19.4. The molecule has 0 spiro atoms. The molecule has 23 heavy (non-hydrogen) atoms. The van der Waals surface area contributed by atoms with Gasteiger partial charge in [-0.05, 0) is 37.9 Å². The summed E-state index contributed by atoms with van der Waals surface area (Å²) in [5.74, 6) is -0.286. The number of pyridine rings is 1. The van der Waals surface area contributed by atoms with E-state index in [4.69, 9.17) is 0 Å². The van der Waals surface area contributed by atoms with Gasteiger partial charge in [0.05, 0.1) is 6.20 Å². The fraction of sp³-hybridized carbons (Fsp3) is 0.562. The second-order valence-corrected chi connectivity index (χ2v) is 5.39. The number of nitrogens with one attached hydrogen (secondary N) is 1. The third kappa shape index (κ3) is 4.86. The van der Waals surface area contributed by atoms with Gasteiger partial charge in [-0.25, -0.2) is 4.98 Å². The van der Waals surface area contributed by atoms with Gasteiger partial charge in [-0.3, -0.25) is 0 Å². The molecular weight excluding hydrogens is 307 g/mol. The first kappa shape index (κ1) is 17.6. The van der Waals surface area contributed by atoms with Crippen LogP contribution < -0.4 is 4.74 Å². The van der Waals surface area contributed by atoms with Gasteiger partial charge in [-0.1, -0.05) is 13.8 Å². The summed E-state index contributed by atoms with van der Waals surface area (Å²) in [6.45, 7) is 4.88. The molecule has 128 valence electrons. The van der Waals surface area contributed by atoms with Crippen molar-refractivity contribution in [2.75, 3.05) is 13.6 Å². The minimum atomic E-state index is -4.70. The normalized spacial score (nSPS) is 14.7. The Bertz CT molecular complexity index is 635. The maximum atomic E-state index is 12.3. The molecule has 2 aromatic rings. The topological polar surface area (TPSA) is 41.2 Å². The third-order valence-corrected chi connectivity index (χ3v) is 3.73. The Labute approximate surface area is 133 Å². The molecule has 0 atom stereocenters. The molecule has 0 unspecified atom stereocenters. The van der Waals surface area contributed by atoms with Crippen LogP contribution in [0.15, 0.2) is 18.5 Å². The van der Waals surface area contributed by atoms with Gasteiger partial charge in [0.1, 0.15) is 11.4 Å². The number of ether oxygens (including phenoxy) is 1. The maximum Gasteiger partial charge on any atom is 0.573 e. The van der Waals surface area contributed by atoms with Crippen LogP contribution in [-0.4, -0.2) is 40.9 Å². The second kappa shape index (κ2) is 7.21. The lowest BCUT2D eigenvalue weighted by atomic mass is 10.1. The van der Waals surface area contributed by atoms with Gasteiger partial charge in [0, 0.05) is 24.2 Å². The summed E-state index contributed by atoms with van der Waals surface area (Å²) in [4.78, 5) is 9.23. The Morgan fingerprint density at radius 3 is 2.65 bits per heavy atom. The summed E-state index contributed by atoms with van der Waals surface area (Å²) in [5.41, 5.74) is 1.53. The van der Waals surface area contributed by atoms with E-state index in [0.29, 0.717) is 17.1 Å². The molecule has 2 aromatic heterocycles. The zero-order chi connectivity index (χ0) is 17.0. The van der Waals surface area contributed by atoms with Gasteiger partial charge in [0.2, 0.25) is 0 Å². The summed E-state index contributed by atoms with van der Waals surface area (Å²) >= 11 is 0. The first-order valence-electron chi connectivity index (χ1n) is 7.84. The molecule has 7 heteroatoms. The maximum absolute atomic E-state index is 12.3. The lowest BCUT2D eigenvalue weighted by molar-refractivity contribution is -0.274. The zero-order valence-corrected chi connectivity index (χ0v) is 13.6. The van der Waals surface area contributed by atoms with Gasteiger partial charge in [0.15, 0.2) is 0 Å². The summed E-state index contributed by atoms with van der Waals surface area (Å²) < 4.78 is 40.7. The molecule has 1 aliphatic rings. The molecule has 1 aliphatic carbocycles. The molecule has 0 aromatic carbocycles. The van der Waals surface area contributed by atoms with Crippen LogP contribution in [0.5, 0.6) is 5.75 Å². The highest BCUT2D eigenvalue weighted by Crippen LogP contribution is 2.28. The number of likely N-dealkylation sites (N-methyl/N-ethyl adjacent to an activating group) is 1. The average molecular weight is 329 g/mol. The minimum absolute atomic E-state index is 0.286. The van der Waals surface area contributed by atoms with E-state index < -0.39 is 6.36 Å². The lowest BCUT2D eigenvalue weighted by Gasteiger charge is -2.14. The number of rotatable bonds is 5. The predicted octanol–water partition coefficient (Wildman–Crippen LogP) is 4.12. The van der Waals surface area contributed by atoms with Crippen LogP contribution in [0.2, 0.25) is 0 Å². The van der Waals surface area contributed by atoms with Crippen LogP contribution in [0.3, 0.4) is 0 Å². The van der Waals surface area contributed by atoms with Crippen molar-refractivity contribution in [3.8, 4) is 5.75 Å². The van der Waals surface area contributed by atoms with Gasteiger partial charge in [0.25, 0.3) is 0 Å². The van der Waals surface area contributed by atoms with Crippen molar-refractivity contribution in [2.24, 2.45) is 0 Å². The van der Waals surface area contributed by atoms with E-state index in [-0.39, 0.29) is 5.75 Å². The Hall–Kier alpha value is -1.76. The van der Waals surface area contributed by atoms with Crippen LogP contribution in [0.25, 0.3) is 11.0 Å². The highest BCUT2D eigenvalue weighted by Gasteiger charge is 2.31. The quantitative estimate of drug-likeness (QED) is 0.897. The number of nitrogens with zero attached hydrogens (tertiary/aromatic N) is 2.